The zero-order valence-corrected chi connectivity index (χ0v) is 11.9. The Balaban J connectivity index is 1.64. The SMILES string of the molecule is COCc1cccc(CNC2CCc3ccccc32)c1. The molecule has 0 saturated carbocycles. The van der Waals surface area contributed by atoms with Crippen LogP contribution in [0.4, 0.5) is 0 Å². The number of nitrogens with one attached hydrogen (secondary N) is 1. The van der Waals surface area contributed by atoms with Crippen LogP contribution in [0.5, 0.6) is 0 Å². The van der Waals surface area contributed by atoms with Gasteiger partial charge in [0.15, 0.2) is 0 Å². The first-order valence-electron chi connectivity index (χ1n) is 7.25. The van der Waals surface area contributed by atoms with E-state index in [9.17, 15) is 0 Å². The maximum atomic E-state index is 5.19. The third-order valence-electron chi connectivity index (χ3n) is 3.99. The largest absolute Gasteiger partial charge is 0.380 e. The second-order valence-electron chi connectivity index (χ2n) is 5.42. The summed E-state index contributed by atoms with van der Waals surface area (Å²) in [6.45, 7) is 1.59. The quantitative estimate of drug-likeness (QED) is 0.893. The van der Waals surface area contributed by atoms with Crippen molar-refractivity contribution in [3.05, 3.63) is 70.8 Å². The highest BCUT2D eigenvalue weighted by Crippen LogP contribution is 2.30. The summed E-state index contributed by atoms with van der Waals surface area (Å²) in [5.41, 5.74) is 5.53. The first-order chi connectivity index (χ1) is 9.86. The molecule has 104 valence electrons. The second kappa shape index (κ2) is 6.21. The Kier molecular flexibility index (Phi) is 4.14. The van der Waals surface area contributed by atoms with Gasteiger partial charge in [0.1, 0.15) is 0 Å². The van der Waals surface area contributed by atoms with Crippen molar-refractivity contribution in [1.82, 2.24) is 5.32 Å². The van der Waals surface area contributed by atoms with Crippen LogP contribution in [0.25, 0.3) is 0 Å². The third-order valence-corrected chi connectivity index (χ3v) is 3.99. The highest BCUT2D eigenvalue weighted by Gasteiger charge is 2.20. The first-order valence-corrected chi connectivity index (χ1v) is 7.25. The maximum Gasteiger partial charge on any atom is 0.0713 e. The standard InChI is InChI=1S/C18H21NO/c1-20-13-15-6-4-5-14(11-15)12-19-18-10-9-16-7-2-3-8-17(16)18/h2-8,11,18-19H,9-10,12-13H2,1H3. The summed E-state index contributed by atoms with van der Waals surface area (Å²) in [5.74, 6) is 0. The van der Waals surface area contributed by atoms with Crippen LogP contribution in [-0.2, 0) is 24.3 Å². The molecule has 0 spiro atoms. The lowest BCUT2D eigenvalue weighted by atomic mass is 10.1. The molecule has 1 N–H and O–H groups in total. The van der Waals surface area contributed by atoms with Crippen LogP contribution in [0.2, 0.25) is 0 Å². The van der Waals surface area contributed by atoms with Crippen LogP contribution in [0.15, 0.2) is 48.5 Å². The van der Waals surface area contributed by atoms with Gasteiger partial charge in [-0.2, -0.15) is 0 Å². The van der Waals surface area contributed by atoms with E-state index in [0.29, 0.717) is 12.6 Å². The van der Waals surface area contributed by atoms with Gasteiger partial charge in [0.05, 0.1) is 6.61 Å². The average molecular weight is 267 g/mol. The zero-order valence-electron chi connectivity index (χ0n) is 11.9. The Morgan fingerprint density at radius 2 is 1.95 bits per heavy atom. The van der Waals surface area contributed by atoms with Crippen LogP contribution in [-0.4, -0.2) is 7.11 Å². The number of rotatable bonds is 5. The summed E-state index contributed by atoms with van der Waals surface area (Å²) in [6.07, 6.45) is 2.40. The maximum absolute atomic E-state index is 5.19. The van der Waals surface area contributed by atoms with E-state index < -0.39 is 0 Å². The molecule has 2 heteroatoms. The number of aryl methyl sites for hydroxylation is 1. The summed E-state index contributed by atoms with van der Waals surface area (Å²) >= 11 is 0. The van der Waals surface area contributed by atoms with Crippen molar-refractivity contribution >= 4 is 0 Å². The fraction of sp³-hybridized carbons (Fsp3) is 0.333. The molecule has 2 aromatic carbocycles. The molecule has 0 radical (unpaired) electrons. The van der Waals surface area contributed by atoms with E-state index in [1.54, 1.807) is 7.11 Å². The van der Waals surface area contributed by atoms with Crippen molar-refractivity contribution < 1.29 is 4.74 Å². The van der Waals surface area contributed by atoms with Crippen LogP contribution in [0.1, 0.15) is 34.7 Å². The molecule has 1 aliphatic carbocycles. The molecule has 0 aliphatic heterocycles. The van der Waals surface area contributed by atoms with Crippen molar-refractivity contribution in [2.45, 2.75) is 32.0 Å². The van der Waals surface area contributed by atoms with Crippen molar-refractivity contribution in [3.63, 3.8) is 0 Å². The molecule has 0 aromatic heterocycles. The molecular weight excluding hydrogens is 246 g/mol. The second-order valence-corrected chi connectivity index (χ2v) is 5.42. The van der Waals surface area contributed by atoms with Gasteiger partial charge in [-0.15, -0.1) is 0 Å². The van der Waals surface area contributed by atoms with E-state index in [1.165, 1.54) is 35.1 Å². The van der Waals surface area contributed by atoms with Gasteiger partial charge in [0.25, 0.3) is 0 Å². The minimum Gasteiger partial charge on any atom is -0.380 e. The lowest BCUT2D eigenvalue weighted by Crippen LogP contribution is -2.18. The van der Waals surface area contributed by atoms with Gasteiger partial charge in [0.2, 0.25) is 0 Å². The molecule has 20 heavy (non-hydrogen) atoms. The fourth-order valence-corrected chi connectivity index (χ4v) is 3.01. The van der Waals surface area contributed by atoms with Gasteiger partial charge in [-0.1, -0.05) is 48.5 Å². The van der Waals surface area contributed by atoms with Crippen molar-refractivity contribution in [2.24, 2.45) is 0 Å². The minimum absolute atomic E-state index is 0.497. The lowest BCUT2D eigenvalue weighted by Gasteiger charge is -2.14. The van der Waals surface area contributed by atoms with Gasteiger partial charge in [-0.3, -0.25) is 0 Å². The predicted octanol–water partition coefficient (Wildman–Crippen LogP) is 3.61. The first kappa shape index (κ1) is 13.3. The van der Waals surface area contributed by atoms with Gasteiger partial charge in [-0.25, -0.2) is 0 Å². The number of fused-ring (bicyclic) bond motifs is 1. The summed E-state index contributed by atoms with van der Waals surface area (Å²) in [7, 11) is 1.74. The summed E-state index contributed by atoms with van der Waals surface area (Å²) < 4.78 is 5.19. The molecule has 3 rings (SSSR count). The molecule has 1 atom stereocenters. The van der Waals surface area contributed by atoms with E-state index in [2.05, 4.69) is 53.8 Å². The van der Waals surface area contributed by atoms with Crippen molar-refractivity contribution in [1.29, 1.82) is 0 Å². The molecule has 0 heterocycles. The molecular formula is C18H21NO. The van der Waals surface area contributed by atoms with E-state index in [1.807, 2.05) is 0 Å². The Morgan fingerprint density at radius 3 is 2.85 bits per heavy atom. The highest BCUT2D eigenvalue weighted by molar-refractivity contribution is 5.34. The Morgan fingerprint density at radius 1 is 1.10 bits per heavy atom. The number of ether oxygens (including phenoxy) is 1. The normalized spacial score (nSPS) is 17.1. The van der Waals surface area contributed by atoms with Crippen LogP contribution in [0.3, 0.4) is 0 Å². The van der Waals surface area contributed by atoms with E-state index in [-0.39, 0.29) is 0 Å². The molecule has 2 aromatic rings. The predicted molar refractivity (Wildman–Crippen MR) is 81.5 cm³/mol. The minimum atomic E-state index is 0.497. The van der Waals surface area contributed by atoms with E-state index in [0.717, 1.165) is 6.54 Å². The Labute approximate surface area is 120 Å². The third kappa shape index (κ3) is 2.92. The van der Waals surface area contributed by atoms with Crippen molar-refractivity contribution in [2.75, 3.05) is 7.11 Å². The van der Waals surface area contributed by atoms with Gasteiger partial charge in [0, 0.05) is 19.7 Å². The molecule has 0 bridgehead atoms. The smallest absolute Gasteiger partial charge is 0.0713 e. The van der Waals surface area contributed by atoms with E-state index in [4.69, 9.17) is 4.74 Å². The van der Waals surface area contributed by atoms with E-state index >= 15 is 0 Å². The Bertz CT molecular complexity index is 579. The summed E-state index contributed by atoms with van der Waals surface area (Å²) in [4.78, 5) is 0. The summed E-state index contributed by atoms with van der Waals surface area (Å²) in [5, 5.41) is 3.68. The fourth-order valence-electron chi connectivity index (χ4n) is 3.01. The molecule has 0 fully saturated rings. The zero-order chi connectivity index (χ0) is 13.8. The van der Waals surface area contributed by atoms with Crippen LogP contribution in [0, 0.1) is 0 Å². The van der Waals surface area contributed by atoms with Crippen molar-refractivity contribution in [3.8, 4) is 0 Å². The number of hydrogen-bond donors (Lipinski definition) is 1. The molecule has 0 saturated heterocycles. The lowest BCUT2D eigenvalue weighted by molar-refractivity contribution is 0.185. The molecule has 2 nitrogen and oxygen atoms in total. The van der Waals surface area contributed by atoms with Crippen LogP contribution < -0.4 is 5.32 Å². The van der Waals surface area contributed by atoms with Gasteiger partial charge < -0.3 is 10.1 Å². The van der Waals surface area contributed by atoms with Gasteiger partial charge in [-0.05, 0) is 35.1 Å². The molecule has 1 aliphatic rings. The van der Waals surface area contributed by atoms with Crippen LogP contribution >= 0.6 is 0 Å². The molecule has 1 unspecified atom stereocenters. The Hall–Kier alpha value is -1.64. The van der Waals surface area contributed by atoms with Gasteiger partial charge >= 0.3 is 0 Å². The number of methoxy groups -OCH3 is 1. The monoisotopic (exact) mass is 267 g/mol. The average Bonchev–Trinajstić information content (AvgIpc) is 2.89. The highest BCUT2D eigenvalue weighted by atomic mass is 16.5. The summed E-state index contributed by atoms with van der Waals surface area (Å²) in [6, 6.07) is 17.9. The topological polar surface area (TPSA) is 21.3 Å². The number of hydrogen-bond acceptors (Lipinski definition) is 2. The molecule has 0 amide bonds. The number of benzene rings is 2.